The minimum Gasteiger partial charge on any atom is -0.463 e. The van der Waals surface area contributed by atoms with Crippen LogP contribution in [0.2, 0.25) is 18.1 Å². The third-order valence-electron chi connectivity index (χ3n) is 3.79. The predicted octanol–water partition coefficient (Wildman–Crippen LogP) is 2.98. The molecular weight excluding hydrogens is 302 g/mol. The fourth-order valence-electron chi connectivity index (χ4n) is 2.19. The Labute approximate surface area is 134 Å². The van der Waals surface area contributed by atoms with Gasteiger partial charge in [0.1, 0.15) is 12.2 Å². The summed E-state index contributed by atoms with van der Waals surface area (Å²) in [5, 5.41) is 0. The maximum absolute atomic E-state index is 11.5. The number of hydrogen-bond donors (Lipinski definition) is 1. The van der Waals surface area contributed by atoms with E-state index in [1.165, 1.54) is 6.08 Å². The molecule has 6 nitrogen and oxygen atoms in total. The van der Waals surface area contributed by atoms with E-state index in [-0.39, 0.29) is 0 Å². The highest BCUT2D eigenvalue weighted by molar-refractivity contribution is 6.73. The summed E-state index contributed by atoms with van der Waals surface area (Å²) in [5.74, 6) is -0.445. The van der Waals surface area contributed by atoms with E-state index in [9.17, 15) is 9.59 Å². The molecule has 0 aromatic rings. The topological polar surface area (TPSA) is 87.8 Å². The van der Waals surface area contributed by atoms with Gasteiger partial charge < -0.3 is 19.6 Å². The number of nitrogens with two attached hydrogens (primary N) is 1. The molecule has 22 heavy (non-hydrogen) atoms. The number of carbonyl (C=O) groups excluding carboxylic acids is 2. The summed E-state index contributed by atoms with van der Waals surface area (Å²) in [6.07, 6.45) is 0.967. The van der Waals surface area contributed by atoms with E-state index in [1.54, 1.807) is 19.9 Å². The first-order valence-electron chi connectivity index (χ1n) is 7.82. The van der Waals surface area contributed by atoms with Gasteiger partial charge in [-0.1, -0.05) is 20.8 Å². The van der Waals surface area contributed by atoms with E-state index < -0.39 is 32.6 Å². The van der Waals surface area contributed by atoms with Crippen molar-refractivity contribution in [2.24, 2.45) is 5.73 Å². The molecule has 2 N–H and O–H groups in total. The maximum atomic E-state index is 11.5. The molecule has 0 radical (unpaired) electrons. The number of esters is 1. The average Bonchev–Trinajstić information content (AvgIpc) is 2.48. The van der Waals surface area contributed by atoms with Crippen molar-refractivity contribution in [3.8, 4) is 0 Å². The van der Waals surface area contributed by atoms with Crippen LogP contribution in [0.4, 0.5) is 4.79 Å². The maximum Gasteiger partial charge on any atom is 0.404 e. The number of primary amides is 1. The molecule has 0 saturated heterocycles. The second-order valence-electron chi connectivity index (χ2n) is 5.08. The van der Waals surface area contributed by atoms with Crippen LogP contribution in [0.1, 0.15) is 34.6 Å². The van der Waals surface area contributed by atoms with Gasteiger partial charge in [-0.15, -0.1) is 0 Å². The molecule has 0 aliphatic rings. The lowest BCUT2D eigenvalue weighted by Gasteiger charge is -2.34. The third-order valence-corrected chi connectivity index (χ3v) is 8.43. The molecular formula is C15H29NO5Si. The minimum absolute atomic E-state index is 0.305. The second-order valence-corrected chi connectivity index (χ2v) is 9.80. The van der Waals surface area contributed by atoms with Gasteiger partial charge in [0.15, 0.2) is 8.32 Å². The van der Waals surface area contributed by atoms with Crippen LogP contribution in [0.25, 0.3) is 0 Å². The molecule has 0 aromatic heterocycles. The van der Waals surface area contributed by atoms with Crippen molar-refractivity contribution < 1.29 is 23.5 Å². The van der Waals surface area contributed by atoms with Crippen LogP contribution < -0.4 is 5.73 Å². The van der Waals surface area contributed by atoms with Gasteiger partial charge in [0.25, 0.3) is 0 Å². The van der Waals surface area contributed by atoms with Crippen molar-refractivity contribution in [3.05, 3.63) is 12.2 Å². The molecule has 0 aromatic carbocycles. The van der Waals surface area contributed by atoms with Crippen LogP contribution in [0.5, 0.6) is 0 Å². The smallest absolute Gasteiger partial charge is 0.404 e. The van der Waals surface area contributed by atoms with Crippen LogP contribution in [0, 0.1) is 0 Å². The van der Waals surface area contributed by atoms with E-state index in [0.717, 1.165) is 18.1 Å². The lowest BCUT2D eigenvalue weighted by Crippen LogP contribution is -2.44. The summed E-state index contributed by atoms with van der Waals surface area (Å²) < 4.78 is 16.2. The Kier molecular flexibility index (Phi) is 9.76. The highest BCUT2D eigenvalue weighted by Gasteiger charge is 2.34. The van der Waals surface area contributed by atoms with Crippen LogP contribution in [-0.2, 0) is 18.7 Å². The Hall–Kier alpha value is -1.34. The van der Waals surface area contributed by atoms with Gasteiger partial charge in [0.2, 0.25) is 0 Å². The Morgan fingerprint density at radius 2 is 1.68 bits per heavy atom. The Balaban J connectivity index is 5.15. The monoisotopic (exact) mass is 331 g/mol. The van der Waals surface area contributed by atoms with E-state index in [1.807, 2.05) is 0 Å². The zero-order valence-electron chi connectivity index (χ0n) is 14.3. The molecule has 128 valence electrons. The normalized spacial score (nSPS) is 14.6. The molecule has 0 unspecified atom stereocenters. The SMILES string of the molecule is CCOC(=O)/C=C/[C@H](O[Si](CC)(CC)CC)[C@H](C)OC(N)=O. The molecule has 2 atom stereocenters. The van der Waals surface area contributed by atoms with Crippen molar-refractivity contribution >= 4 is 20.4 Å². The van der Waals surface area contributed by atoms with Crippen LogP contribution in [0.3, 0.4) is 0 Å². The molecule has 0 heterocycles. The van der Waals surface area contributed by atoms with Crippen LogP contribution in [-0.4, -0.2) is 39.2 Å². The van der Waals surface area contributed by atoms with E-state index >= 15 is 0 Å². The first kappa shape index (κ1) is 20.7. The minimum atomic E-state index is -1.92. The zero-order valence-corrected chi connectivity index (χ0v) is 15.3. The first-order valence-corrected chi connectivity index (χ1v) is 10.4. The molecule has 7 heteroatoms. The number of rotatable bonds is 10. The van der Waals surface area contributed by atoms with Gasteiger partial charge in [0.05, 0.1) is 6.61 Å². The van der Waals surface area contributed by atoms with Gasteiger partial charge in [0, 0.05) is 6.08 Å². The molecule has 0 aliphatic carbocycles. The largest absolute Gasteiger partial charge is 0.463 e. The van der Waals surface area contributed by atoms with Gasteiger partial charge in [-0.05, 0) is 38.1 Å². The summed E-state index contributed by atoms with van der Waals surface area (Å²) in [6, 6.07) is 2.85. The lowest BCUT2D eigenvalue weighted by atomic mass is 10.2. The molecule has 1 amide bonds. The van der Waals surface area contributed by atoms with Crippen molar-refractivity contribution in [3.63, 3.8) is 0 Å². The molecule has 0 bridgehead atoms. The number of ether oxygens (including phenoxy) is 2. The second kappa shape index (κ2) is 10.4. The average molecular weight is 331 g/mol. The number of amides is 1. The summed E-state index contributed by atoms with van der Waals surface area (Å²) in [4.78, 5) is 22.4. The highest BCUT2D eigenvalue weighted by Crippen LogP contribution is 2.25. The summed E-state index contributed by atoms with van der Waals surface area (Å²) >= 11 is 0. The van der Waals surface area contributed by atoms with Gasteiger partial charge >= 0.3 is 12.1 Å². The third kappa shape index (κ3) is 7.08. The summed E-state index contributed by atoms with van der Waals surface area (Å²) in [7, 11) is -1.92. The first-order chi connectivity index (χ1) is 10.3. The van der Waals surface area contributed by atoms with Gasteiger partial charge in [-0.25, -0.2) is 9.59 Å². The standard InChI is InChI=1S/C15H29NO5Si/c1-6-19-14(17)11-10-13(12(5)20-15(16)18)21-22(7-2,8-3)9-4/h10-13H,6-9H2,1-5H3,(H2,16,18)/b11-10+/t12-,13-/m0/s1. The number of carbonyl (C=O) groups is 2. The zero-order chi connectivity index (χ0) is 17.2. The Morgan fingerprint density at radius 1 is 1.14 bits per heavy atom. The molecule has 0 saturated carbocycles. The van der Waals surface area contributed by atoms with E-state index in [0.29, 0.717) is 6.61 Å². The Morgan fingerprint density at radius 3 is 2.09 bits per heavy atom. The molecule has 0 fully saturated rings. The summed E-state index contributed by atoms with van der Waals surface area (Å²) in [5.41, 5.74) is 5.07. The summed E-state index contributed by atoms with van der Waals surface area (Å²) in [6.45, 7) is 10.0. The fraction of sp³-hybridized carbons (Fsp3) is 0.733. The van der Waals surface area contributed by atoms with Crippen molar-refractivity contribution in [2.75, 3.05) is 6.61 Å². The van der Waals surface area contributed by atoms with Crippen LogP contribution in [0.15, 0.2) is 12.2 Å². The van der Waals surface area contributed by atoms with Crippen molar-refractivity contribution in [2.45, 2.75) is 65.0 Å². The lowest BCUT2D eigenvalue weighted by molar-refractivity contribution is -0.137. The van der Waals surface area contributed by atoms with Gasteiger partial charge in [-0.3, -0.25) is 0 Å². The van der Waals surface area contributed by atoms with E-state index in [4.69, 9.17) is 19.6 Å². The predicted molar refractivity (Wildman–Crippen MR) is 88.0 cm³/mol. The van der Waals surface area contributed by atoms with E-state index in [2.05, 4.69) is 20.8 Å². The van der Waals surface area contributed by atoms with Crippen molar-refractivity contribution in [1.29, 1.82) is 0 Å². The van der Waals surface area contributed by atoms with Crippen LogP contribution >= 0.6 is 0 Å². The highest BCUT2D eigenvalue weighted by atomic mass is 28.4. The van der Waals surface area contributed by atoms with Gasteiger partial charge in [-0.2, -0.15) is 0 Å². The quantitative estimate of drug-likeness (QED) is 0.378. The Bertz CT molecular complexity index is 374. The number of hydrogen-bond acceptors (Lipinski definition) is 5. The molecule has 0 aliphatic heterocycles. The van der Waals surface area contributed by atoms with Crippen molar-refractivity contribution in [1.82, 2.24) is 0 Å². The molecule has 0 spiro atoms. The fourth-order valence-corrected chi connectivity index (χ4v) is 5.04. The molecule has 0 rings (SSSR count).